The average Bonchev–Trinajstić information content (AvgIpc) is 1.85. The van der Waals surface area contributed by atoms with E-state index < -0.39 is 0 Å². The van der Waals surface area contributed by atoms with Crippen LogP contribution in [-0.4, -0.2) is 25.9 Å². The molecular weight excluding hydrogens is 140 g/mol. The Balaban J connectivity index is 2.34. The second-order valence-electron chi connectivity index (χ2n) is 3.92. The zero-order valence-electron chi connectivity index (χ0n) is 7.72. The van der Waals surface area contributed by atoms with E-state index in [2.05, 4.69) is 13.8 Å². The predicted molar refractivity (Wildman–Crippen MR) is 44.6 cm³/mol. The summed E-state index contributed by atoms with van der Waals surface area (Å²) in [4.78, 5) is 0. The fourth-order valence-corrected chi connectivity index (χ4v) is 1.74. The molecule has 0 N–H and O–H groups in total. The van der Waals surface area contributed by atoms with Gasteiger partial charge < -0.3 is 9.47 Å². The van der Waals surface area contributed by atoms with Crippen LogP contribution >= 0.6 is 0 Å². The van der Waals surface area contributed by atoms with E-state index in [1.165, 1.54) is 0 Å². The Labute approximate surface area is 68.9 Å². The minimum absolute atomic E-state index is 0.0709. The molecule has 0 radical (unpaired) electrons. The molecule has 1 heterocycles. The summed E-state index contributed by atoms with van der Waals surface area (Å²) >= 11 is 0. The first kappa shape index (κ1) is 9.01. The van der Waals surface area contributed by atoms with Gasteiger partial charge in [0.2, 0.25) is 0 Å². The average molecular weight is 158 g/mol. The number of rotatable bonds is 2. The van der Waals surface area contributed by atoms with Gasteiger partial charge in [-0.05, 0) is 32.6 Å². The zero-order valence-corrected chi connectivity index (χ0v) is 7.72. The third-order valence-electron chi connectivity index (χ3n) is 2.20. The Hall–Kier alpha value is -0.0800. The fraction of sp³-hybridized carbons (Fsp3) is 1.00. The van der Waals surface area contributed by atoms with Crippen LogP contribution in [0.2, 0.25) is 0 Å². The van der Waals surface area contributed by atoms with Gasteiger partial charge in [-0.1, -0.05) is 0 Å². The lowest BCUT2D eigenvalue weighted by molar-refractivity contribution is -0.0830. The van der Waals surface area contributed by atoms with Crippen molar-refractivity contribution in [2.45, 2.75) is 32.3 Å². The molecule has 2 nitrogen and oxygen atoms in total. The van der Waals surface area contributed by atoms with Gasteiger partial charge in [-0.3, -0.25) is 0 Å². The van der Waals surface area contributed by atoms with Crippen molar-refractivity contribution in [1.29, 1.82) is 0 Å². The van der Waals surface area contributed by atoms with E-state index in [4.69, 9.17) is 9.47 Å². The van der Waals surface area contributed by atoms with Gasteiger partial charge in [-0.2, -0.15) is 0 Å². The van der Waals surface area contributed by atoms with Crippen LogP contribution in [0.3, 0.4) is 0 Å². The van der Waals surface area contributed by atoms with Crippen molar-refractivity contribution in [3.63, 3.8) is 0 Å². The lowest BCUT2D eigenvalue weighted by atomic mass is 9.89. The molecule has 0 aliphatic carbocycles. The van der Waals surface area contributed by atoms with E-state index in [0.29, 0.717) is 5.92 Å². The summed E-state index contributed by atoms with van der Waals surface area (Å²) in [5, 5.41) is 0. The van der Waals surface area contributed by atoms with Gasteiger partial charge in [0.1, 0.15) is 0 Å². The first-order valence-electron chi connectivity index (χ1n) is 4.27. The molecule has 0 bridgehead atoms. The number of hydrogen-bond donors (Lipinski definition) is 0. The van der Waals surface area contributed by atoms with Crippen LogP contribution < -0.4 is 0 Å². The molecule has 1 saturated heterocycles. The summed E-state index contributed by atoms with van der Waals surface area (Å²) in [6, 6.07) is 0. The summed E-state index contributed by atoms with van der Waals surface area (Å²) in [6.45, 7) is 6.07. The van der Waals surface area contributed by atoms with Crippen LogP contribution in [0.5, 0.6) is 0 Å². The maximum Gasteiger partial charge on any atom is 0.0630 e. The van der Waals surface area contributed by atoms with Gasteiger partial charge >= 0.3 is 0 Å². The van der Waals surface area contributed by atoms with Crippen LogP contribution in [-0.2, 0) is 9.47 Å². The van der Waals surface area contributed by atoms with Crippen molar-refractivity contribution in [1.82, 2.24) is 0 Å². The smallest absolute Gasteiger partial charge is 0.0630 e. The van der Waals surface area contributed by atoms with Gasteiger partial charge in [0.15, 0.2) is 0 Å². The highest BCUT2D eigenvalue weighted by Crippen LogP contribution is 2.28. The highest BCUT2D eigenvalue weighted by Gasteiger charge is 2.28. The highest BCUT2D eigenvalue weighted by atomic mass is 16.5. The molecular formula is C9H18O2. The second kappa shape index (κ2) is 3.55. The molecule has 0 spiro atoms. The summed E-state index contributed by atoms with van der Waals surface area (Å²) in [6.07, 6.45) is 2.28. The Morgan fingerprint density at radius 1 is 1.55 bits per heavy atom. The molecule has 1 aliphatic heterocycles. The lowest BCUT2D eigenvalue weighted by Gasteiger charge is -2.35. The van der Waals surface area contributed by atoms with Gasteiger partial charge in [0, 0.05) is 20.3 Å². The summed E-state index contributed by atoms with van der Waals surface area (Å²) < 4.78 is 10.7. The van der Waals surface area contributed by atoms with Crippen molar-refractivity contribution in [2.75, 3.05) is 20.3 Å². The molecule has 66 valence electrons. The van der Waals surface area contributed by atoms with Crippen molar-refractivity contribution in [2.24, 2.45) is 5.92 Å². The molecule has 1 atom stereocenters. The summed E-state index contributed by atoms with van der Waals surface area (Å²) in [5.74, 6) is 0.698. The van der Waals surface area contributed by atoms with Crippen molar-refractivity contribution >= 4 is 0 Å². The van der Waals surface area contributed by atoms with Crippen LogP contribution in [0.4, 0.5) is 0 Å². The number of ether oxygens (including phenoxy) is 2. The number of methoxy groups -OCH3 is 1. The lowest BCUT2D eigenvalue weighted by Crippen LogP contribution is -2.35. The van der Waals surface area contributed by atoms with Crippen molar-refractivity contribution < 1.29 is 9.47 Å². The Morgan fingerprint density at radius 3 is 2.82 bits per heavy atom. The maximum absolute atomic E-state index is 5.59. The molecule has 1 fully saturated rings. The third kappa shape index (κ3) is 2.80. The standard InChI is InChI=1S/C9H18O2/c1-9(2)6-8(7-10-3)4-5-11-9/h8H,4-7H2,1-3H3. The normalized spacial score (nSPS) is 30.3. The molecule has 0 saturated carbocycles. The van der Waals surface area contributed by atoms with Crippen LogP contribution in [0.25, 0.3) is 0 Å². The van der Waals surface area contributed by atoms with E-state index in [1.807, 2.05) is 0 Å². The van der Waals surface area contributed by atoms with Crippen LogP contribution in [0.1, 0.15) is 26.7 Å². The maximum atomic E-state index is 5.59. The van der Waals surface area contributed by atoms with Crippen molar-refractivity contribution in [3.8, 4) is 0 Å². The van der Waals surface area contributed by atoms with Crippen LogP contribution in [0.15, 0.2) is 0 Å². The van der Waals surface area contributed by atoms with E-state index in [1.54, 1.807) is 7.11 Å². The summed E-state index contributed by atoms with van der Waals surface area (Å²) in [7, 11) is 1.77. The van der Waals surface area contributed by atoms with Gasteiger partial charge in [0.05, 0.1) is 5.60 Å². The van der Waals surface area contributed by atoms with Gasteiger partial charge in [-0.15, -0.1) is 0 Å². The SMILES string of the molecule is COCC1CCOC(C)(C)C1. The minimum atomic E-state index is 0.0709. The number of hydrogen-bond acceptors (Lipinski definition) is 2. The van der Waals surface area contributed by atoms with Crippen LogP contribution in [0, 0.1) is 5.92 Å². The summed E-state index contributed by atoms with van der Waals surface area (Å²) in [5.41, 5.74) is 0.0709. The van der Waals surface area contributed by atoms with E-state index >= 15 is 0 Å². The largest absolute Gasteiger partial charge is 0.384 e. The highest BCUT2D eigenvalue weighted by molar-refractivity contribution is 4.78. The molecule has 0 aromatic heterocycles. The third-order valence-corrected chi connectivity index (χ3v) is 2.20. The molecule has 1 rings (SSSR count). The molecule has 11 heavy (non-hydrogen) atoms. The first-order valence-corrected chi connectivity index (χ1v) is 4.27. The van der Waals surface area contributed by atoms with E-state index in [0.717, 1.165) is 26.1 Å². The Morgan fingerprint density at radius 2 is 2.27 bits per heavy atom. The molecule has 1 aliphatic rings. The Kier molecular flexibility index (Phi) is 2.90. The Bertz CT molecular complexity index is 119. The van der Waals surface area contributed by atoms with Crippen molar-refractivity contribution in [3.05, 3.63) is 0 Å². The second-order valence-corrected chi connectivity index (χ2v) is 3.92. The predicted octanol–water partition coefficient (Wildman–Crippen LogP) is 1.84. The van der Waals surface area contributed by atoms with Gasteiger partial charge in [-0.25, -0.2) is 0 Å². The molecule has 0 aromatic carbocycles. The molecule has 2 heteroatoms. The van der Waals surface area contributed by atoms with E-state index in [-0.39, 0.29) is 5.60 Å². The molecule has 0 aromatic rings. The zero-order chi connectivity index (χ0) is 8.32. The minimum Gasteiger partial charge on any atom is -0.384 e. The van der Waals surface area contributed by atoms with Gasteiger partial charge in [0.25, 0.3) is 0 Å². The van der Waals surface area contributed by atoms with E-state index in [9.17, 15) is 0 Å². The first-order chi connectivity index (χ1) is 5.14. The fourth-order valence-electron chi connectivity index (χ4n) is 1.74. The molecule has 0 amide bonds. The molecule has 1 unspecified atom stereocenters. The quantitative estimate of drug-likeness (QED) is 0.610. The topological polar surface area (TPSA) is 18.5 Å². The monoisotopic (exact) mass is 158 g/mol.